The van der Waals surface area contributed by atoms with Crippen LogP contribution in [-0.4, -0.2) is 31.3 Å². The molecule has 1 fully saturated rings. The first-order chi connectivity index (χ1) is 9.19. The number of rotatable bonds is 6. The third-order valence-electron chi connectivity index (χ3n) is 4.16. The number of aryl methyl sites for hydroxylation is 1. The van der Waals surface area contributed by atoms with E-state index in [1.165, 1.54) is 0 Å². The average Bonchev–Trinajstić information content (AvgIpc) is 2.83. The molecular weight excluding hydrogens is 276 g/mol. The van der Waals surface area contributed by atoms with Crippen molar-refractivity contribution in [1.82, 2.24) is 14.5 Å². The Kier molecular flexibility index (Phi) is 3.96. The molecule has 1 atom stereocenters. The number of sulfonamides is 1. The molecule has 0 aromatic carbocycles. The van der Waals surface area contributed by atoms with Gasteiger partial charge in [0.05, 0.1) is 17.9 Å². The Bertz CT molecular complexity index is 604. The maximum atomic E-state index is 12.4. The van der Waals surface area contributed by atoms with E-state index < -0.39 is 10.0 Å². The van der Waals surface area contributed by atoms with E-state index in [4.69, 9.17) is 5.73 Å². The van der Waals surface area contributed by atoms with Gasteiger partial charge >= 0.3 is 0 Å². The second-order valence-corrected chi connectivity index (χ2v) is 7.96. The highest BCUT2D eigenvalue weighted by Gasteiger charge is 2.45. The van der Waals surface area contributed by atoms with Crippen molar-refractivity contribution >= 4 is 10.0 Å². The highest BCUT2D eigenvalue weighted by Crippen LogP contribution is 2.51. The summed E-state index contributed by atoms with van der Waals surface area (Å²) in [6.45, 7) is 9.25. The summed E-state index contributed by atoms with van der Waals surface area (Å²) in [5.41, 5.74) is 6.94. The van der Waals surface area contributed by atoms with E-state index in [1.807, 2.05) is 0 Å². The Labute approximate surface area is 120 Å². The van der Waals surface area contributed by atoms with Crippen molar-refractivity contribution in [1.29, 1.82) is 0 Å². The van der Waals surface area contributed by atoms with Crippen LogP contribution in [0.25, 0.3) is 0 Å². The number of nitrogens with one attached hydrogen (secondary N) is 1. The van der Waals surface area contributed by atoms with Crippen molar-refractivity contribution in [2.24, 2.45) is 17.1 Å². The maximum absolute atomic E-state index is 12.4. The van der Waals surface area contributed by atoms with Gasteiger partial charge < -0.3 is 5.73 Å². The van der Waals surface area contributed by atoms with Crippen LogP contribution in [0.4, 0.5) is 0 Å². The highest BCUT2D eigenvalue weighted by atomic mass is 32.2. The molecule has 0 saturated heterocycles. The summed E-state index contributed by atoms with van der Waals surface area (Å²) in [7, 11) is -3.50. The van der Waals surface area contributed by atoms with Crippen LogP contribution in [-0.2, 0) is 16.6 Å². The van der Waals surface area contributed by atoms with Crippen molar-refractivity contribution < 1.29 is 8.42 Å². The van der Waals surface area contributed by atoms with Gasteiger partial charge in [-0.2, -0.15) is 5.10 Å². The molecule has 114 valence electrons. The molecule has 0 radical (unpaired) electrons. The van der Waals surface area contributed by atoms with E-state index in [-0.39, 0.29) is 5.41 Å². The molecule has 1 saturated carbocycles. The fraction of sp³-hybridized carbons (Fsp3) is 0.769. The van der Waals surface area contributed by atoms with Crippen LogP contribution < -0.4 is 10.5 Å². The minimum absolute atomic E-state index is 0.260. The molecule has 1 unspecified atom stereocenters. The van der Waals surface area contributed by atoms with Gasteiger partial charge in [0.1, 0.15) is 4.90 Å². The Hall–Kier alpha value is -0.920. The monoisotopic (exact) mass is 300 g/mol. The molecule has 0 bridgehead atoms. The van der Waals surface area contributed by atoms with Gasteiger partial charge in [-0.25, -0.2) is 13.1 Å². The van der Waals surface area contributed by atoms with E-state index in [2.05, 4.69) is 23.7 Å². The molecule has 0 aliphatic heterocycles. The Morgan fingerprint density at radius 2 is 2.05 bits per heavy atom. The van der Waals surface area contributed by atoms with Gasteiger partial charge in [-0.15, -0.1) is 0 Å². The molecular formula is C13H24N4O2S. The lowest BCUT2D eigenvalue weighted by atomic mass is 10.1. The molecule has 0 spiro atoms. The third kappa shape index (κ3) is 2.89. The van der Waals surface area contributed by atoms with E-state index >= 15 is 0 Å². The summed E-state index contributed by atoms with van der Waals surface area (Å²) in [5, 5.41) is 4.26. The van der Waals surface area contributed by atoms with Gasteiger partial charge in [-0.1, -0.05) is 13.8 Å². The number of nitrogens with two attached hydrogens (primary N) is 1. The van der Waals surface area contributed by atoms with Gasteiger partial charge in [-0.3, -0.25) is 4.68 Å². The van der Waals surface area contributed by atoms with Crippen LogP contribution in [0.5, 0.6) is 0 Å². The van der Waals surface area contributed by atoms with Gasteiger partial charge in [0.2, 0.25) is 10.0 Å². The Balaban J connectivity index is 2.17. The van der Waals surface area contributed by atoms with Crippen LogP contribution in [0.1, 0.15) is 31.7 Å². The molecule has 20 heavy (non-hydrogen) atoms. The van der Waals surface area contributed by atoms with Crippen LogP contribution in [0.3, 0.4) is 0 Å². The number of hydrogen-bond acceptors (Lipinski definition) is 4. The van der Waals surface area contributed by atoms with E-state index in [0.29, 0.717) is 41.8 Å². The zero-order chi connectivity index (χ0) is 15.1. The second kappa shape index (κ2) is 5.13. The molecule has 1 aliphatic carbocycles. The Morgan fingerprint density at radius 3 is 2.55 bits per heavy atom. The summed E-state index contributed by atoms with van der Waals surface area (Å²) in [6.07, 6.45) is 1.07. The van der Waals surface area contributed by atoms with Crippen LogP contribution in [0.15, 0.2) is 4.90 Å². The van der Waals surface area contributed by atoms with Crippen molar-refractivity contribution in [2.75, 3.05) is 13.1 Å². The zero-order valence-corrected chi connectivity index (χ0v) is 13.4. The lowest BCUT2D eigenvalue weighted by Gasteiger charge is -2.08. The van der Waals surface area contributed by atoms with E-state index in [0.717, 1.165) is 6.42 Å². The summed E-state index contributed by atoms with van der Waals surface area (Å²) in [5.74, 6) is 0.428. The highest BCUT2D eigenvalue weighted by molar-refractivity contribution is 7.89. The summed E-state index contributed by atoms with van der Waals surface area (Å²) < 4.78 is 29.3. The number of hydrogen-bond donors (Lipinski definition) is 2. The molecule has 7 heteroatoms. The maximum Gasteiger partial charge on any atom is 0.244 e. The molecule has 0 amide bonds. The first-order valence-electron chi connectivity index (χ1n) is 6.93. The third-order valence-corrected chi connectivity index (χ3v) is 5.84. The number of aromatic nitrogens is 2. The summed E-state index contributed by atoms with van der Waals surface area (Å²) in [6, 6.07) is 0. The van der Waals surface area contributed by atoms with Crippen molar-refractivity contribution in [3.8, 4) is 0 Å². The van der Waals surface area contributed by atoms with Gasteiger partial charge in [-0.05, 0) is 31.6 Å². The molecule has 3 N–H and O–H groups in total. The molecule has 1 heterocycles. The predicted molar refractivity (Wildman–Crippen MR) is 77.8 cm³/mol. The smallest absolute Gasteiger partial charge is 0.244 e. The van der Waals surface area contributed by atoms with Crippen LogP contribution in [0, 0.1) is 25.2 Å². The lowest BCUT2D eigenvalue weighted by Crippen LogP contribution is -2.27. The molecule has 1 aliphatic rings. The van der Waals surface area contributed by atoms with Gasteiger partial charge in [0.15, 0.2) is 0 Å². The normalized spacial score (nSPS) is 21.1. The summed E-state index contributed by atoms with van der Waals surface area (Å²) >= 11 is 0. The minimum atomic E-state index is -3.50. The largest absolute Gasteiger partial charge is 0.329 e. The fourth-order valence-corrected chi connectivity index (χ4v) is 4.11. The lowest BCUT2D eigenvalue weighted by molar-refractivity contribution is 0.537. The Morgan fingerprint density at radius 1 is 1.45 bits per heavy atom. The van der Waals surface area contributed by atoms with Gasteiger partial charge in [0.25, 0.3) is 0 Å². The summed E-state index contributed by atoms with van der Waals surface area (Å²) in [4.78, 5) is 0.296. The molecule has 1 aromatic rings. The van der Waals surface area contributed by atoms with Crippen LogP contribution >= 0.6 is 0 Å². The molecule has 6 nitrogen and oxygen atoms in total. The van der Waals surface area contributed by atoms with Gasteiger partial charge in [0, 0.05) is 13.1 Å². The SMILES string of the molecule is Cc1nn(CCN)c(C)c1S(=O)(=O)NCC1CC1(C)C. The van der Waals surface area contributed by atoms with E-state index in [9.17, 15) is 8.42 Å². The second-order valence-electron chi connectivity index (χ2n) is 6.25. The van der Waals surface area contributed by atoms with Crippen LogP contribution in [0.2, 0.25) is 0 Å². The minimum Gasteiger partial charge on any atom is -0.329 e. The van der Waals surface area contributed by atoms with Crippen molar-refractivity contribution in [3.05, 3.63) is 11.4 Å². The number of nitrogens with zero attached hydrogens (tertiary/aromatic N) is 2. The average molecular weight is 300 g/mol. The standard InChI is InChI=1S/C13H24N4O2S/c1-9-12(10(2)17(16-9)6-5-14)20(18,19)15-8-11-7-13(11,3)4/h11,15H,5-8,14H2,1-4H3. The zero-order valence-electron chi connectivity index (χ0n) is 12.6. The first-order valence-corrected chi connectivity index (χ1v) is 8.41. The quantitative estimate of drug-likeness (QED) is 0.812. The van der Waals surface area contributed by atoms with Crippen molar-refractivity contribution in [2.45, 2.75) is 45.6 Å². The molecule has 1 aromatic heterocycles. The first kappa shape index (κ1) is 15.5. The molecule has 2 rings (SSSR count). The fourth-order valence-electron chi connectivity index (χ4n) is 2.62. The van der Waals surface area contributed by atoms with E-state index in [1.54, 1.807) is 18.5 Å². The predicted octanol–water partition coefficient (Wildman–Crippen LogP) is 0.783. The van der Waals surface area contributed by atoms with Crippen molar-refractivity contribution in [3.63, 3.8) is 0 Å². The topological polar surface area (TPSA) is 90.0 Å².